The summed E-state index contributed by atoms with van der Waals surface area (Å²) < 4.78 is 27.7. The van der Waals surface area contributed by atoms with Gasteiger partial charge in [-0.2, -0.15) is 17.0 Å². The Labute approximate surface area is 116 Å². The Kier molecular flexibility index (Phi) is 5.44. The number of halogens is 1. The van der Waals surface area contributed by atoms with Crippen LogP contribution in [0.25, 0.3) is 0 Å². The maximum absolute atomic E-state index is 12.4. The second-order valence-electron chi connectivity index (χ2n) is 5.44. The summed E-state index contributed by atoms with van der Waals surface area (Å²) in [5, 5.41) is 0. The highest BCUT2D eigenvalue weighted by Crippen LogP contribution is 2.22. The molecule has 0 saturated carbocycles. The number of hydrogen-bond acceptors (Lipinski definition) is 3. The number of nitrogens with zero attached hydrogens (tertiary/aromatic N) is 3. The van der Waals surface area contributed by atoms with Crippen LogP contribution < -0.4 is 0 Å². The lowest BCUT2D eigenvalue weighted by Gasteiger charge is -2.45. The van der Waals surface area contributed by atoms with Gasteiger partial charge in [0.15, 0.2) is 0 Å². The van der Waals surface area contributed by atoms with E-state index >= 15 is 0 Å². The normalized spacial score (nSPS) is 22.6. The predicted octanol–water partition coefficient (Wildman–Crippen LogP) is 0.818. The standard InChI is InChI=1S/C11H24ClN3O2S/c1-11(2)10-15(9-8-13(11)3)18(16,17)14(4)7-5-6-12/h5-10H2,1-4H3. The van der Waals surface area contributed by atoms with Gasteiger partial charge >= 0.3 is 0 Å². The maximum atomic E-state index is 12.4. The van der Waals surface area contributed by atoms with Crippen LogP contribution in [0.1, 0.15) is 20.3 Å². The van der Waals surface area contributed by atoms with Crippen LogP contribution in [0.5, 0.6) is 0 Å². The van der Waals surface area contributed by atoms with Crippen molar-refractivity contribution in [1.82, 2.24) is 13.5 Å². The number of likely N-dealkylation sites (N-methyl/N-ethyl adjacent to an activating group) is 1. The third-order valence-corrected chi connectivity index (χ3v) is 5.81. The molecule has 0 amide bonds. The van der Waals surface area contributed by atoms with Gasteiger partial charge in [0.05, 0.1) is 0 Å². The molecule has 0 atom stereocenters. The molecule has 1 aliphatic heterocycles. The van der Waals surface area contributed by atoms with Gasteiger partial charge in [-0.05, 0) is 27.3 Å². The zero-order valence-electron chi connectivity index (χ0n) is 11.7. The van der Waals surface area contributed by atoms with Gasteiger partial charge in [-0.3, -0.25) is 4.90 Å². The van der Waals surface area contributed by atoms with Gasteiger partial charge in [0, 0.05) is 44.6 Å². The number of rotatable bonds is 5. The van der Waals surface area contributed by atoms with E-state index in [4.69, 9.17) is 11.6 Å². The molecule has 0 unspecified atom stereocenters. The molecule has 0 aromatic heterocycles. The minimum absolute atomic E-state index is 0.126. The van der Waals surface area contributed by atoms with E-state index in [0.717, 1.165) is 6.54 Å². The summed E-state index contributed by atoms with van der Waals surface area (Å²) in [5.41, 5.74) is -0.126. The lowest BCUT2D eigenvalue weighted by molar-refractivity contribution is 0.0773. The minimum atomic E-state index is -3.35. The van der Waals surface area contributed by atoms with E-state index < -0.39 is 10.2 Å². The lowest BCUT2D eigenvalue weighted by Crippen LogP contribution is -2.60. The Morgan fingerprint density at radius 3 is 2.44 bits per heavy atom. The van der Waals surface area contributed by atoms with Crippen LogP contribution in [-0.2, 0) is 10.2 Å². The van der Waals surface area contributed by atoms with Gasteiger partial charge < -0.3 is 0 Å². The SMILES string of the molecule is CN1CCN(S(=O)(=O)N(C)CCCCl)CC1(C)C. The minimum Gasteiger partial charge on any atom is -0.299 e. The van der Waals surface area contributed by atoms with Gasteiger partial charge in [0.2, 0.25) is 0 Å². The van der Waals surface area contributed by atoms with Gasteiger partial charge in [0.25, 0.3) is 10.2 Å². The van der Waals surface area contributed by atoms with Crippen molar-refractivity contribution in [2.24, 2.45) is 0 Å². The van der Waals surface area contributed by atoms with Crippen LogP contribution >= 0.6 is 11.6 Å². The summed E-state index contributed by atoms with van der Waals surface area (Å²) in [5.74, 6) is 0.480. The monoisotopic (exact) mass is 297 g/mol. The van der Waals surface area contributed by atoms with Crippen LogP contribution in [0.3, 0.4) is 0 Å². The van der Waals surface area contributed by atoms with E-state index in [-0.39, 0.29) is 5.54 Å². The first-order chi connectivity index (χ1) is 8.21. The summed E-state index contributed by atoms with van der Waals surface area (Å²) in [6.45, 7) is 6.43. The van der Waals surface area contributed by atoms with E-state index in [0.29, 0.717) is 31.9 Å². The van der Waals surface area contributed by atoms with Crippen molar-refractivity contribution in [1.29, 1.82) is 0 Å². The van der Waals surface area contributed by atoms with Crippen LogP contribution in [0, 0.1) is 0 Å². The molecule has 0 aromatic carbocycles. The van der Waals surface area contributed by atoms with Crippen molar-refractivity contribution < 1.29 is 8.42 Å². The average molecular weight is 298 g/mol. The molecule has 18 heavy (non-hydrogen) atoms. The second-order valence-corrected chi connectivity index (χ2v) is 7.85. The molecule has 1 aliphatic rings. The molecule has 0 bridgehead atoms. The fourth-order valence-electron chi connectivity index (χ4n) is 1.99. The van der Waals surface area contributed by atoms with Gasteiger partial charge in [-0.1, -0.05) is 0 Å². The topological polar surface area (TPSA) is 43.9 Å². The summed E-state index contributed by atoms with van der Waals surface area (Å²) in [6.07, 6.45) is 0.675. The Bertz CT molecular complexity index is 372. The van der Waals surface area contributed by atoms with Crippen LogP contribution in [0.4, 0.5) is 0 Å². The Morgan fingerprint density at radius 1 is 1.33 bits per heavy atom. The van der Waals surface area contributed by atoms with Crippen molar-refractivity contribution >= 4 is 21.8 Å². The lowest BCUT2D eigenvalue weighted by atomic mass is 10.0. The molecule has 0 spiro atoms. The number of alkyl halides is 1. The molecule has 0 radical (unpaired) electrons. The molecule has 0 aliphatic carbocycles. The second kappa shape index (κ2) is 6.05. The third kappa shape index (κ3) is 3.57. The molecule has 7 heteroatoms. The van der Waals surface area contributed by atoms with Crippen molar-refractivity contribution in [2.45, 2.75) is 25.8 Å². The van der Waals surface area contributed by atoms with Gasteiger partial charge in [-0.15, -0.1) is 11.6 Å². The summed E-state index contributed by atoms with van der Waals surface area (Å²) in [6, 6.07) is 0. The zero-order chi connectivity index (χ0) is 14.0. The van der Waals surface area contributed by atoms with Gasteiger partial charge in [-0.25, -0.2) is 0 Å². The molecule has 1 heterocycles. The van der Waals surface area contributed by atoms with Crippen molar-refractivity contribution in [3.8, 4) is 0 Å². The molecule has 0 N–H and O–H groups in total. The molecular weight excluding hydrogens is 274 g/mol. The van der Waals surface area contributed by atoms with E-state index in [1.807, 2.05) is 7.05 Å². The fourth-order valence-corrected chi connectivity index (χ4v) is 3.65. The summed E-state index contributed by atoms with van der Waals surface area (Å²) in [4.78, 5) is 2.19. The van der Waals surface area contributed by atoms with Crippen LogP contribution in [0.2, 0.25) is 0 Å². The quantitative estimate of drug-likeness (QED) is 0.706. The van der Waals surface area contributed by atoms with E-state index in [1.54, 1.807) is 11.4 Å². The summed E-state index contributed by atoms with van der Waals surface area (Å²) >= 11 is 5.60. The Balaban J connectivity index is 2.74. The van der Waals surface area contributed by atoms with E-state index in [1.165, 1.54) is 4.31 Å². The summed E-state index contributed by atoms with van der Waals surface area (Å²) in [7, 11) is 0.300. The highest BCUT2D eigenvalue weighted by Gasteiger charge is 2.37. The molecule has 1 saturated heterocycles. The van der Waals surface area contributed by atoms with E-state index in [2.05, 4.69) is 18.7 Å². The van der Waals surface area contributed by atoms with Crippen LogP contribution in [-0.4, -0.2) is 73.6 Å². The first kappa shape index (κ1) is 16.2. The Hall–Kier alpha value is 0.120. The van der Waals surface area contributed by atoms with E-state index in [9.17, 15) is 8.42 Å². The maximum Gasteiger partial charge on any atom is 0.281 e. The van der Waals surface area contributed by atoms with Crippen molar-refractivity contribution in [3.63, 3.8) is 0 Å². The molecular formula is C11H24ClN3O2S. The highest BCUT2D eigenvalue weighted by atomic mass is 35.5. The largest absolute Gasteiger partial charge is 0.299 e. The predicted molar refractivity (Wildman–Crippen MR) is 75.2 cm³/mol. The number of piperazine rings is 1. The molecule has 0 aromatic rings. The molecule has 108 valence electrons. The van der Waals surface area contributed by atoms with Crippen molar-refractivity contribution in [2.75, 3.05) is 46.2 Å². The smallest absolute Gasteiger partial charge is 0.281 e. The average Bonchev–Trinajstić information content (AvgIpc) is 2.29. The van der Waals surface area contributed by atoms with Crippen LogP contribution in [0.15, 0.2) is 0 Å². The first-order valence-corrected chi connectivity index (χ1v) is 8.13. The fraction of sp³-hybridized carbons (Fsp3) is 1.00. The third-order valence-electron chi connectivity index (χ3n) is 3.61. The highest BCUT2D eigenvalue weighted by molar-refractivity contribution is 7.86. The zero-order valence-corrected chi connectivity index (χ0v) is 13.3. The molecule has 5 nitrogen and oxygen atoms in total. The first-order valence-electron chi connectivity index (χ1n) is 6.20. The molecule has 1 fully saturated rings. The Morgan fingerprint density at radius 2 is 1.94 bits per heavy atom. The molecule has 1 rings (SSSR count). The van der Waals surface area contributed by atoms with Crippen molar-refractivity contribution in [3.05, 3.63) is 0 Å². The van der Waals surface area contributed by atoms with Gasteiger partial charge in [0.1, 0.15) is 0 Å². The number of hydrogen-bond donors (Lipinski definition) is 0.